The van der Waals surface area contributed by atoms with Gasteiger partial charge in [-0.3, -0.25) is 19.3 Å². The molecule has 0 bridgehead atoms. The number of carbonyl (C=O) groups excluding carboxylic acids is 3. The van der Waals surface area contributed by atoms with Gasteiger partial charge in [-0.15, -0.1) is 0 Å². The molecule has 0 aliphatic carbocycles. The zero-order valence-electron chi connectivity index (χ0n) is 13.7. The molecule has 2 rings (SSSR count). The molecule has 0 N–H and O–H groups in total. The Hall–Kier alpha value is -2.37. The molecule has 124 valence electrons. The fourth-order valence-corrected chi connectivity index (χ4v) is 2.72. The lowest BCUT2D eigenvalue weighted by Crippen LogP contribution is -2.47. The van der Waals surface area contributed by atoms with Crippen LogP contribution in [0.25, 0.3) is 0 Å². The van der Waals surface area contributed by atoms with Crippen molar-refractivity contribution in [3.05, 3.63) is 29.8 Å². The minimum absolute atomic E-state index is 0.188. The van der Waals surface area contributed by atoms with Gasteiger partial charge in [-0.25, -0.2) is 0 Å². The minimum Gasteiger partial charge on any atom is -0.494 e. The van der Waals surface area contributed by atoms with Gasteiger partial charge in [-0.05, 0) is 19.9 Å². The quantitative estimate of drug-likeness (QED) is 0.747. The zero-order valence-corrected chi connectivity index (χ0v) is 13.7. The van der Waals surface area contributed by atoms with Gasteiger partial charge in [0.2, 0.25) is 17.7 Å². The van der Waals surface area contributed by atoms with Crippen molar-refractivity contribution >= 4 is 17.7 Å². The molecule has 23 heavy (non-hydrogen) atoms. The first-order valence-electron chi connectivity index (χ1n) is 7.76. The van der Waals surface area contributed by atoms with E-state index in [1.165, 1.54) is 4.90 Å². The number of imide groups is 1. The standard InChI is InChI=1S/C17H22N2O4/c1-4-23-14-8-6-5-7-13(14)11-18(3)17(22)12(2)19-15(20)9-10-16(19)21/h5-8,12H,4,9-11H2,1-3H3/t12-/m0/s1. The van der Waals surface area contributed by atoms with Crippen LogP contribution in [0.3, 0.4) is 0 Å². The summed E-state index contributed by atoms with van der Waals surface area (Å²) in [6, 6.07) is 6.73. The highest BCUT2D eigenvalue weighted by molar-refractivity contribution is 6.05. The van der Waals surface area contributed by atoms with Crippen molar-refractivity contribution in [3.8, 4) is 5.75 Å². The third-order valence-corrected chi connectivity index (χ3v) is 3.89. The molecule has 1 atom stereocenters. The summed E-state index contributed by atoms with van der Waals surface area (Å²) in [5.41, 5.74) is 0.886. The van der Waals surface area contributed by atoms with Crippen LogP contribution in [-0.4, -0.2) is 47.2 Å². The zero-order chi connectivity index (χ0) is 17.0. The van der Waals surface area contributed by atoms with E-state index in [1.54, 1.807) is 14.0 Å². The third-order valence-electron chi connectivity index (χ3n) is 3.89. The fourth-order valence-electron chi connectivity index (χ4n) is 2.72. The molecule has 6 heteroatoms. The van der Waals surface area contributed by atoms with Crippen molar-refractivity contribution in [2.45, 2.75) is 39.3 Å². The molecule has 0 saturated carbocycles. The Labute approximate surface area is 136 Å². The SMILES string of the molecule is CCOc1ccccc1CN(C)C(=O)[C@H](C)N1C(=O)CCC1=O. The average Bonchev–Trinajstić information content (AvgIpc) is 2.87. The molecule has 0 spiro atoms. The van der Waals surface area contributed by atoms with Gasteiger partial charge in [-0.2, -0.15) is 0 Å². The van der Waals surface area contributed by atoms with E-state index >= 15 is 0 Å². The lowest BCUT2D eigenvalue weighted by atomic mass is 10.1. The Balaban J connectivity index is 2.08. The minimum atomic E-state index is -0.776. The number of amides is 3. The van der Waals surface area contributed by atoms with Gasteiger partial charge in [0.05, 0.1) is 6.61 Å². The number of carbonyl (C=O) groups is 3. The van der Waals surface area contributed by atoms with Crippen molar-refractivity contribution in [3.63, 3.8) is 0 Å². The highest BCUT2D eigenvalue weighted by Gasteiger charge is 2.37. The number of hydrogen-bond donors (Lipinski definition) is 0. The van der Waals surface area contributed by atoms with E-state index in [0.29, 0.717) is 13.2 Å². The molecule has 6 nitrogen and oxygen atoms in total. The molecule has 1 heterocycles. The summed E-state index contributed by atoms with van der Waals surface area (Å²) in [4.78, 5) is 38.7. The van der Waals surface area contributed by atoms with Crippen LogP contribution in [-0.2, 0) is 20.9 Å². The third kappa shape index (κ3) is 3.70. The van der Waals surface area contributed by atoms with Crippen molar-refractivity contribution in [2.75, 3.05) is 13.7 Å². The largest absolute Gasteiger partial charge is 0.494 e. The van der Waals surface area contributed by atoms with E-state index in [1.807, 2.05) is 31.2 Å². The van der Waals surface area contributed by atoms with Gasteiger partial charge in [0.1, 0.15) is 11.8 Å². The van der Waals surface area contributed by atoms with E-state index < -0.39 is 6.04 Å². The van der Waals surface area contributed by atoms with E-state index in [4.69, 9.17) is 4.74 Å². The van der Waals surface area contributed by atoms with E-state index in [9.17, 15) is 14.4 Å². The molecule has 0 aromatic heterocycles. The van der Waals surface area contributed by atoms with Crippen LogP contribution in [0.2, 0.25) is 0 Å². The number of benzene rings is 1. The van der Waals surface area contributed by atoms with Gasteiger partial charge in [0, 0.05) is 32.0 Å². The molecular weight excluding hydrogens is 296 g/mol. The molecular formula is C17H22N2O4. The van der Waals surface area contributed by atoms with Gasteiger partial charge in [0.15, 0.2) is 0 Å². The molecule has 1 aliphatic rings. The molecule has 0 radical (unpaired) electrons. The maximum atomic E-state index is 12.5. The Morgan fingerprint density at radius 2 is 1.87 bits per heavy atom. The predicted molar refractivity (Wildman–Crippen MR) is 84.6 cm³/mol. The number of ether oxygens (including phenoxy) is 1. The highest BCUT2D eigenvalue weighted by Crippen LogP contribution is 2.21. The lowest BCUT2D eigenvalue weighted by molar-refractivity contribution is -0.149. The molecule has 3 amide bonds. The van der Waals surface area contributed by atoms with Crippen LogP contribution < -0.4 is 4.74 Å². The van der Waals surface area contributed by atoms with Gasteiger partial charge >= 0.3 is 0 Å². The first kappa shape index (κ1) is 17.0. The monoisotopic (exact) mass is 318 g/mol. The van der Waals surface area contributed by atoms with Crippen LogP contribution in [0.4, 0.5) is 0 Å². The van der Waals surface area contributed by atoms with Crippen LogP contribution in [0.5, 0.6) is 5.75 Å². The number of likely N-dealkylation sites (tertiary alicyclic amines) is 1. The molecule has 1 aromatic carbocycles. The number of para-hydroxylation sites is 1. The summed E-state index contributed by atoms with van der Waals surface area (Å²) in [5, 5.41) is 0. The number of rotatable bonds is 6. The second-order valence-corrected chi connectivity index (χ2v) is 5.57. The lowest BCUT2D eigenvalue weighted by Gasteiger charge is -2.27. The smallest absolute Gasteiger partial charge is 0.245 e. The Bertz CT molecular complexity index is 598. The van der Waals surface area contributed by atoms with Crippen LogP contribution in [0, 0.1) is 0 Å². The fraction of sp³-hybridized carbons (Fsp3) is 0.471. The maximum absolute atomic E-state index is 12.5. The Morgan fingerprint density at radius 3 is 2.48 bits per heavy atom. The van der Waals surface area contributed by atoms with Gasteiger partial charge < -0.3 is 9.64 Å². The summed E-state index contributed by atoms with van der Waals surface area (Å²) in [5.74, 6) is -0.0894. The van der Waals surface area contributed by atoms with E-state index in [-0.39, 0.29) is 30.6 Å². The number of hydrogen-bond acceptors (Lipinski definition) is 4. The highest BCUT2D eigenvalue weighted by atomic mass is 16.5. The topological polar surface area (TPSA) is 66.9 Å². The summed E-state index contributed by atoms with van der Waals surface area (Å²) < 4.78 is 5.56. The van der Waals surface area contributed by atoms with Crippen molar-refractivity contribution in [1.82, 2.24) is 9.80 Å². The summed E-state index contributed by atoms with van der Waals surface area (Å²) >= 11 is 0. The number of nitrogens with zero attached hydrogens (tertiary/aromatic N) is 2. The first-order chi connectivity index (χ1) is 11.0. The van der Waals surface area contributed by atoms with E-state index in [2.05, 4.69) is 0 Å². The van der Waals surface area contributed by atoms with Crippen molar-refractivity contribution in [1.29, 1.82) is 0 Å². The molecule has 1 aromatic rings. The molecule has 1 aliphatic heterocycles. The Morgan fingerprint density at radius 1 is 1.26 bits per heavy atom. The van der Waals surface area contributed by atoms with Gasteiger partial charge in [-0.1, -0.05) is 18.2 Å². The van der Waals surface area contributed by atoms with Crippen molar-refractivity contribution < 1.29 is 19.1 Å². The second kappa shape index (κ2) is 7.26. The Kier molecular flexibility index (Phi) is 5.36. The molecule has 0 unspecified atom stereocenters. The maximum Gasteiger partial charge on any atom is 0.245 e. The van der Waals surface area contributed by atoms with Crippen LogP contribution in [0.1, 0.15) is 32.3 Å². The normalized spacial score (nSPS) is 15.7. The van der Waals surface area contributed by atoms with Gasteiger partial charge in [0.25, 0.3) is 0 Å². The predicted octanol–water partition coefficient (Wildman–Crippen LogP) is 1.58. The van der Waals surface area contributed by atoms with Crippen LogP contribution in [0.15, 0.2) is 24.3 Å². The average molecular weight is 318 g/mol. The second-order valence-electron chi connectivity index (χ2n) is 5.57. The first-order valence-corrected chi connectivity index (χ1v) is 7.76. The van der Waals surface area contributed by atoms with E-state index in [0.717, 1.165) is 16.2 Å². The number of likely N-dealkylation sites (N-methyl/N-ethyl adjacent to an activating group) is 1. The van der Waals surface area contributed by atoms with Crippen LogP contribution >= 0.6 is 0 Å². The molecule has 1 saturated heterocycles. The molecule has 1 fully saturated rings. The van der Waals surface area contributed by atoms with Crippen molar-refractivity contribution in [2.24, 2.45) is 0 Å². The summed E-state index contributed by atoms with van der Waals surface area (Å²) in [6.45, 7) is 4.39. The summed E-state index contributed by atoms with van der Waals surface area (Å²) in [6.07, 6.45) is 0.376. The summed E-state index contributed by atoms with van der Waals surface area (Å²) in [7, 11) is 1.66.